The minimum atomic E-state index is -3.47. The molecule has 2 N–H and O–H groups in total. The quantitative estimate of drug-likeness (QED) is 0.877. The van der Waals surface area contributed by atoms with Crippen LogP contribution in [0.2, 0.25) is 0 Å². The van der Waals surface area contributed by atoms with Gasteiger partial charge in [-0.05, 0) is 50.2 Å². The molecule has 0 bridgehead atoms. The van der Waals surface area contributed by atoms with Gasteiger partial charge in [-0.25, -0.2) is 18.1 Å². The molecule has 0 radical (unpaired) electrons. The summed E-state index contributed by atoms with van der Waals surface area (Å²) in [5.41, 5.74) is 0. The highest BCUT2D eigenvalue weighted by Crippen LogP contribution is 2.30. The molecular weight excluding hydrogens is 286 g/mol. The standard InChI is InChI=1S/C15H25N3O2S/c1-4-16-15-8-7-14(10-17-15)21(19,20)18-13-6-5-11(2)12(3)9-13/h7-8,10-13,18H,4-6,9H2,1-3H3,(H,16,17). The molecule has 1 saturated carbocycles. The fourth-order valence-electron chi connectivity index (χ4n) is 2.77. The van der Waals surface area contributed by atoms with Gasteiger partial charge in [0.1, 0.15) is 10.7 Å². The summed E-state index contributed by atoms with van der Waals surface area (Å²) in [6.45, 7) is 7.16. The number of hydrogen-bond donors (Lipinski definition) is 2. The second-order valence-electron chi connectivity index (χ2n) is 6.00. The fourth-order valence-corrected chi connectivity index (χ4v) is 3.99. The first-order valence-corrected chi connectivity index (χ1v) is 9.13. The number of pyridine rings is 1. The summed E-state index contributed by atoms with van der Waals surface area (Å²) in [5.74, 6) is 1.92. The van der Waals surface area contributed by atoms with Gasteiger partial charge in [0.25, 0.3) is 0 Å². The van der Waals surface area contributed by atoms with E-state index in [1.165, 1.54) is 6.20 Å². The van der Waals surface area contributed by atoms with E-state index in [0.29, 0.717) is 17.7 Å². The van der Waals surface area contributed by atoms with E-state index in [-0.39, 0.29) is 10.9 Å². The van der Waals surface area contributed by atoms with Gasteiger partial charge in [-0.2, -0.15) is 0 Å². The van der Waals surface area contributed by atoms with Crippen molar-refractivity contribution in [1.82, 2.24) is 9.71 Å². The third-order valence-corrected chi connectivity index (χ3v) is 5.83. The van der Waals surface area contributed by atoms with E-state index in [2.05, 4.69) is 28.9 Å². The number of hydrogen-bond acceptors (Lipinski definition) is 4. The van der Waals surface area contributed by atoms with Crippen LogP contribution in [-0.4, -0.2) is 26.0 Å². The van der Waals surface area contributed by atoms with Crippen LogP contribution in [0, 0.1) is 11.8 Å². The van der Waals surface area contributed by atoms with Crippen LogP contribution in [0.4, 0.5) is 5.82 Å². The smallest absolute Gasteiger partial charge is 0.242 e. The Bertz CT molecular complexity index is 557. The van der Waals surface area contributed by atoms with Crippen molar-refractivity contribution in [2.75, 3.05) is 11.9 Å². The lowest BCUT2D eigenvalue weighted by molar-refractivity contribution is 0.242. The van der Waals surface area contributed by atoms with E-state index >= 15 is 0 Å². The monoisotopic (exact) mass is 311 g/mol. The summed E-state index contributed by atoms with van der Waals surface area (Å²) in [6.07, 6.45) is 4.30. The third kappa shape index (κ3) is 4.17. The maximum atomic E-state index is 12.4. The Labute approximate surface area is 127 Å². The molecule has 3 unspecified atom stereocenters. The first-order valence-electron chi connectivity index (χ1n) is 7.64. The second kappa shape index (κ2) is 6.75. The Morgan fingerprint density at radius 3 is 2.57 bits per heavy atom. The molecular formula is C15H25N3O2S. The van der Waals surface area contributed by atoms with Gasteiger partial charge in [0, 0.05) is 18.8 Å². The van der Waals surface area contributed by atoms with Gasteiger partial charge in [0.15, 0.2) is 0 Å². The second-order valence-corrected chi connectivity index (χ2v) is 7.71. The first-order chi connectivity index (χ1) is 9.92. The zero-order valence-electron chi connectivity index (χ0n) is 13.0. The van der Waals surface area contributed by atoms with Gasteiger partial charge < -0.3 is 5.32 Å². The lowest BCUT2D eigenvalue weighted by Gasteiger charge is -2.32. The Hall–Kier alpha value is -1.14. The van der Waals surface area contributed by atoms with Crippen LogP contribution in [0.5, 0.6) is 0 Å². The van der Waals surface area contributed by atoms with Crippen molar-refractivity contribution in [1.29, 1.82) is 0 Å². The van der Waals surface area contributed by atoms with Crippen molar-refractivity contribution in [3.05, 3.63) is 18.3 Å². The van der Waals surface area contributed by atoms with Gasteiger partial charge >= 0.3 is 0 Å². The minimum absolute atomic E-state index is 0.0367. The van der Waals surface area contributed by atoms with Crippen molar-refractivity contribution < 1.29 is 8.42 Å². The van der Waals surface area contributed by atoms with Gasteiger partial charge in [-0.15, -0.1) is 0 Å². The molecule has 5 nitrogen and oxygen atoms in total. The average molecular weight is 311 g/mol. The van der Waals surface area contributed by atoms with Crippen LogP contribution < -0.4 is 10.0 Å². The van der Waals surface area contributed by atoms with Crippen LogP contribution in [-0.2, 0) is 10.0 Å². The number of anilines is 1. The molecule has 0 aliphatic heterocycles. The van der Waals surface area contributed by atoms with E-state index < -0.39 is 10.0 Å². The Kier molecular flexibility index (Phi) is 5.22. The number of aromatic nitrogens is 1. The normalized spacial score (nSPS) is 26.5. The predicted molar refractivity (Wildman–Crippen MR) is 84.7 cm³/mol. The summed E-state index contributed by atoms with van der Waals surface area (Å²) in [7, 11) is -3.47. The molecule has 0 aromatic carbocycles. The first kappa shape index (κ1) is 16.2. The number of sulfonamides is 1. The zero-order valence-corrected chi connectivity index (χ0v) is 13.8. The van der Waals surface area contributed by atoms with E-state index in [0.717, 1.165) is 25.8 Å². The molecule has 3 atom stereocenters. The number of rotatable bonds is 5. The molecule has 1 fully saturated rings. The molecule has 1 aliphatic carbocycles. The number of nitrogens with zero attached hydrogens (tertiary/aromatic N) is 1. The van der Waals surface area contributed by atoms with E-state index in [4.69, 9.17) is 0 Å². The summed E-state index contributed by atoms with van der Waals surface area (Å²) >= 11 is 0. The highest BCUT2D eigenvalue weighted by atomic mass is 32.2. The minimum Gasteiger partial charge on any atom is -0.370 e. The Balaban J connectivity index is 2.04. The molecule has 1 aromatic heterocycles. The van der Waals surface area contributed by atoms with E-state index in [1.807, 2.05) is 6.92 Å². The molecule has 2 rings (SSSR count). The van der Waals surface area contributed by atoms with Crippen molar-refractivity contribution >= 4 is 15.8 Å². The van der Waals surface area contributed by atoms with Gasteiger partial charge in [0.2, 0.25) is 10.0 Å². The van der Waals surface area contributed by atoms with Crippen molar-refractivity contribution in [3.63, 3.8) is 0 Å². The molecule has 6 heteroatoms. The molecule has 0 amide bonds. The molecule has 118 valence electrons. The SMILES string of the molecule is CCNc1ccc(S(=O)(=O)NC2CCC(C)C(C)C2)cn1. The Morgan fingerprint density at radius 1 is 1.24 bits per heavy atom. The van der Waals surface area contributed by atoms with Crippen molar-refractivity contribution in [2.45, 2.75) is 51.0 Å². The van der Waals surface area contributed by atoms with Crippen LogP contribution in [0.3, 0.4) is 0 Å². The lowest BCUT2D eigenvalue weighted by Crippen LogP contribution is -2.39. The van der Waals surface area contributed by atoms with E-state index in [1.54, 1.807) is 12.1 Å². The summed E-state index contributed by atoms with van der Waals surface area (Å²) < 4.78 is 27.6. The summed E-state index contributed by atoms with van der Waals surface area (Å²) in [5, 5.41) is 3.05. The van der Waals surface area contributed by atoms with Crippen LogP contribution >= 0.6 is 0 Å². The predicted octanol–water partition coefficient (Wildman–Crippen LogP) is 2.62. The van der Waals surface area contributed by atoms with Crippen molar-refractivity contribution in [3.8, 4) is 0 Å². The van der Waals surface area contributed by atoms with Crippen LogP contribution in [0.1, 0.15) is 40.0 Å². The molecule has 0 spiro atoms. The average Bonchev–Trinajstić information content (AvgIpc) is 2.44. The molecule has 0 saturated heterocycles. The highest BCUT2D eigenvalue weighted by Gasteiger charge is 2.28. The maximum Gasteiger partial charge on any atom is 0.242 e. The van der Waals surface area contributed by atoms with Crippen LogP contribution in [0.15, 0.2) is 23.2 Å². The summed E-state index contributed by atoms with van der Waals surface area (Å²) in [4.78, 5) is 4.36. The molecule has 1 aromatic rings. The van der Waals surface area contributed by atoms with E-state index in [9.17, 15) is 8.42 Å². The van der Waals surface area contributed by atoms with Crippen LogP contribution in [0.25, 0.3) is 0 Å². The highest BCUT2D eigenvalue weighted by molar-refractivity contribution is 7.89. The van der Waals surface area contributed by atoms with Gasteiger partial charge in [0.05, 0.1) is 0 Å². The third-order valence-electron chi connectivity index (χ3n) is 4.32. The molecule has 1 heterocycles. The van der Waals surface area contributed by atoms with Gasteiger partial charge in [-0.1, -0.05) is 13.8 Å². The van der Waals surface area contributed by atoms with Crippen molar-refractivity contribution in [2.24, 2.45) is 11.8 Å². The van der Waals surface area contributed by atoms with Gasteiger partial charge in [-0.3, -0.25) is 0 Å². The zero-order chi connectivity index (χ0) is 15.5. The topological polar surface area (TPSA) is 71.1 Å². The summed E-state index contributed by atoms with van der Waals surface area (Å²) in [6, 6.07) is 3.33. The fraction of sp³-hybridized carbons (Fsp3) is 0.667. The molecule has 1 aliphatic rings. The number of nitrogens with one attached hydrogen (secondary N) is 2. The largest absolute Gasteiger partial charge is 0.370 e. The molecule has 21 heavy (non-hydrogen) atoms. The lowest BCUT2D eigenvalue weighted by atomic mass is 9.79. The maximum absolute atomic E-state index is 12.4. The Morgan fingerprint density at radius 2 is 2.00 bits per heavy atom.